The fourth-order valence-electron chi connectivity index (χ4n) is 1.32. The number of nitrogens with zero attached hydrogens (tertiary/aromatic N) is 1. The Morgan fingerprint density at radius 2 is 2.40 bits per heavy atom. The summed E-state index contributed by atoms with van der Waals surface area (Å²) < 4.78 is 12.9. The number of hydrogen-bond donors (Lipinski definition) is 3. The molecule has 0 saturated carbocycles. The van der Waals surface area contributed by atoms with Gasteiger partial charge < -0.3 is 16.0 Å². The summed E-state index contributed by atoms with van der Waals surface area (Å²) in [6.07, 6.45) is 0. The molecule has 2 aromatic rings. The van der Waals surface area contributed by atoms with Gasteiger partial charge in [-0.25, -0.2) is 9.37 Å². The van der Waals surface area contributed by atoms with Gasteiger partial charge in [-0.2, -0.15) is 0 Å². The van der Waals surface area contributed by atoms with Gasteiger partial charge in [0.1, 0.15) is 5.82 Å². The van der Waals surface area contributed by atoms with Gasteiger partial charge in [-0.15, -0.1) is 0 Å². The molecule has 1 aromatic carbocycles. The Morgan fingerprint density at radius 1 is 1.60 bits per heavy atom. The van der Waals surface area contributed by atoms with Crippen LogP contribution in [-0.4, -0.2) is 22.6 Å². The number of H-pyrrole nitrogens is 1. The van der Waals surface area contributed by atoms with Crippen LogP contribution in [0.3, 0.4) is 0 Å². The van der Waals surface area contributed by atoms with Crippen LogP contribution in [0.1, 0.15) is 6.92 Å². The molecule has 0 aliphatic heterocycles. The molecule has 0 aliphatic rings. The number of nitrogens with two attached hydrogens (primary N) is 1. The first-order valence-electron chi connectivity index (χ1n) is 4.80. The quantitative estimate of drug-likeness (QED) is 0.715. The molecule has 0 radical (unpaired) electrons. The Labute approximate surface area is 86.7 Å². The van der Waals surface area contributed by atoms with Crippen LogP contribution in [0.2, 0.25) is 0 Å². The van der Waals surface area contributed by atoms with Gasteiger partial charge in [0.05, 0.1) is 11.0 Å². The molecule has 1 aromatic heterocycles. The summed E-state index contributed by atoms with van der Waals surface area (Å²) in [6.45, 7) is 2.53. The monoisotopic (exact) mass is 208 g/mol. The van der Waals surface area contributed by atoms with E-state index < -0.39 is 0 Å². The predicted molar refractivity (Wildman–Crippen MR) is 58.2 cm³/mol. The van der Waals surface area contributed by atoms with Gasteiger partial charge in [0.2, 0.25) is 5.95 Å². The third kappa shape index (κ3) is 2.24. The molecule has 1 heterocycles. The van der Waals surface area contributed by atoms with Gasteiger partial charge in [0.15, 0.2) is 0 Å². The van der Waals surface area contributed by atoms with Crippen LogP contribution in [0.15, 0.2) is 18.2 Å². The van der Waals surface area contributed by atoms with Gasteiger partial charge in [-0.1, -0.05) is 0 Å². The highest BCUT2D eigenvalue weighted by Crippen LogP contribution is 2.15. The number of aromatic nitrogens is 2. The molecule has 0 fully saturated rings. The lowest BCUT2D eigenvalue weighted by molar-refractivity contribution is 0.629. The van der Waals surface area contributed by atoms with E-state index in [0.717, 1.165) is 5.52 Å². The molecule has 5 heteroatoms. The van der Waals surface area contributed by atoms with E-state index in [9.17, 15) is 4.39 Å². The van der Waals surface area contributed by atoms with Crippen LogP contribution in [0.5, 0.6) is 0 Å². The minimum absolute atomic E-state index is 0.0509. The van der Waals surface area contributed by atoms with E-state index in [4.69, 9.17) is 5.73 Å². The SMILES string of the molecule is CC(N)CNc1nc2ccc(F)cc2[nH]1. The summed E-state index contributed by atoms with van der Waals surface area (Å²) >= 11 is 0. The molecule has 4 N–H and O–H groups in total. The molecule has 2 rings (SSSR count). The summed E-state index contributed by atoms with van der Waals surface area (Å²) in [5.74, 6) is 0.345. The molecular weight excluding hydrogens is 195 g/mol. The number of rotatable bonds is 3. The first-order chi connectivity index (χ1) is 7.15. The van der Waals surface area contributed by atoms with Gasteiger partial charge >= 0.3 is 0 Å². The average Bonchev–Trinajstić information content (AvgIpc) is 2.56. The van der Waals surface area contributed by atoms with E-state index in [1.54, 1.807) is 6.07 Å². The lowest BCUT2D eigenvalue weighted by atomic mass is 10.3. The van der Waals surface area contributed by atoms with Crippen molar-refractivity contribution >= 4 is 17.0 Å². The Balaban J connectivity index is 2.23. The summed E-state index contributed by atoms with van der Waals surface area (Å²) in [6, 6.07) is 4.49. The lowest BCUT2D eigenvalue weighted by Gasteiger charge is -2.04. The Morgan fingerprint density at radius 3 is 3.13 bits per heavy atom. The largest absolute Gasteiger partial charge is 0.354 e. The molecule has 0 bridgehead atoms. The number of benzene rings is 1. The van der Waals surface area contributed by atoms with Crippen LogP contribution in [-0.2, 0) is 0 Å². The molecule has 1 unspecified atom stereocenters. The van der Waals surface area contributed by atoms with Gasteiger partial charge in [-0.05, 0) is 25.1 Å². The first kappa shape index (κ1) is 9.92. The Bertz CT molecular complexity index is 463. The van der Waals surface area contributed by atoms with Gasteiger partial charge in [0, 0.05) is 12.6 Å². The fourth-order valence-corrected chi connectivity index (χ4v) is 1.32. The summed E-state index contributed by atoms with van der Waals surface area (Å²) in [5, 5.41) is 3.04. The zero-order chi connectivity index (χ0) is 10.8. The standard InChI is InChI=1S/C10H13FN4/c1-6(12)5-13-10-14-8-3-2-7(11)4-9(8)15-10/h2-4,6H,5,12H2,1H3,(H2,13,14,15). The van der Waals surface area contributed by atoms with Crippen molar-refractivity contribution in [1.82, 2.24) is 9.97 Å². The zero-order valence-electron chi connectivity index (χ0n) is 8.42. The molecule has 0 saturated heterocycles. The van der Waals surface area contributed by atoms with Crippen LogP contribution in [0, 0.1) is 5.82 Å². The summed E-state index contributed by atoms with van der Waals surface area (Å²) in [5.41, 5.74) is 7.02. The predicted octanol–water partition coefficient (Wildman–Crippen LogP) is 1.46. The third-order valence-corrected chi connectivity index (χ3v) is 2.04. The molecule has 15 heavy (non-hydrogen) atoms. The van der Waals surface area contributed by atoms with E-state index in [1.807, 2.05) is 6.92 Å². The Kier molecular flexibility index (Phi) is 2.55. The topological polar surface area (TPSA) is 66.7 Å². The van der Waals surface area contributed by atoms with Crippen LogP contribution in [0.25, 0.3) is 11.0 Å². The minimum Gasteiger partial charge on any atom is -0.354 e. The average molecular weight is 208 g/mol. The first-order valence-corrected chi connectivity index (χ1v) is 4.80. The van der Waals surface area contributed by atoms with Crippen LogP contribution < -0.4 is 11.1 Å². The van der Waals surface area contributed by atoms with E-state index in [0.29, 0.717) is 18.0 Å². The maximum atomic E-state index is 12.9. The van der Waals surface area contributed by atoms with Crippen molar-refractivity contribution in [3.63, 3.8) is 0 Å². The number of fused-ring (bicyclic) bond motifs is 1. The van der Waals surface area contributed by atoms with Crippen LogP contribution in [0.4, 0.5) is 10.3 Å². The van der Waals surface area contributed by atoms with E-state index >= 15 is 0 Å². The van der Waals surface area contributed by atoms with Crippen LogP contribution >= 0.6 is 0 Å². The number of imidazole rings is 1. The number of halogens is 1. The Hall–Kier alpha value is -1.62. The second-order valence-electron chi connectivity index (χ2n) is 3.61. The minimum atomic E-state index is -0.273. The van der Waals surface area contributed by atoms with Crippen molar-refractivity contribution in [2.24, 2.45) is 5.73 Å². The van der Waals surface area contributed by atoms with Gasteiger partial charge in [-0.3, -0.25) is 0 Å². The smallest absolute Gasteiger partial charge is 0.201 e. The van der Waals surface area contributed by atoms with Crippen molar-refractivity contribution in [3.8, 4) is 0 Å². The second-order valence-corrected chi connectivity index (χ2v) is 3.61. The maximum Gasteiger partial charge on any atom is 0.201 e. The molecule has 0 spiro atoms. The molecule has 80 valence electrons. The molecular formula is C10H13FN4. The number of aromatic amines is 1. The number of nitrogens with one attached hydrogen (secondary N) is 2. The summed E-state index contributed by atoms with van der Waals surface area (Å²) in [4.78, 5) is 7.21. The highest BCUT2D eigenvalue weighted by atomic mass is 19.1. The highest BCUT2D eigenvalue weighted by molar-refractivity contribution is 5.77. The fraction of sp³-hybridized carbons (Fsp3) is 0.300. The molecule has 1 atom stereocenters. The normalized spacial score (nSPS) is 13.0. The van der Waals surface area contributed by atoms with Gasteiger partial charge in [0.25, 0.3) is 0 Å². The van der Waals surface area contributed by atoms with Crippen molar-refractivity contribution in [2.75, 3.05) is 11.9 Å². The highest BCUT2D eigenvalue weighted by Gasteiger charge is 2.03. The molecule has 4 nitrogen and oxygen atoms in total. The number of anilines is 1. The molecule has 0 aliphatic carbocycles. The maximum absolute atomic E-state index is 12.9. The van der Waals surface area contributed by atoms with Crippen molar-refractivity contribution in [1.29, 1.82) is 0 Å². The van der Waals surface area contributed by atoms with E-state index in [1.165, 1.54) is 12.1 Å². The van der Waals surface area contributed by atoms with E-state index in [2.05, 4.69) is 15.3 Å². The second kappa shape index (κ2) is 3.86. The summed E-state index contributed by atoms with van der Waals surface area (Å²) in [7, 11) is 0. The third-order valence-electron chi connectivity index (χ3n) is 2.04. The van der Waals surface area contributed by atoms with Crippen molar-refractivity contribution < 1.29 is 4.39 Å². The zero-order valence-corrected chi connectivity index (χ0v) is 8.42. The lowest BCUT2D eigenvalue weighted by Crippen LogP contribution is -2.25. The van der Waals surface area contributed by atoms with Crippen molar-refractivity contribution in [3.05, 3.63) is 24.0 Å². The number of hydrogen-bond acceptors (Lipinski definition) is 3. The van der Waals surface area contributed by atoms with E-state index in [-0.39, 0.29) is 11.9 Å². The molecule has 0 amide bonds. The van der Waals surface area contributed by atoms with Crippen molar-refractivity contribution in [2.45, 2.75) is 13.0 Å².